The van der Waals surface area contributed by atoms with Gasteiger partial charge < -0.3 is 10.3 Å². The van der Waals surface area contributed by atoms with E-state index in [1.54, 1.807) is 25.3 Å². The normalized spacial score (nSPS) is 11.7. The fourth-order valence-electron chi connectivity index (χ4n) is 1.97. The number of hydrogen-bond acceptors (Lipinski definition) is 3. The first kappa shape index (κ1) is 14.5. The maximum Gasteiger partial charge on any atom is 0.251 e. The molecule has 2 aromatic rings. The van der Waals surface area contributed by atoms with E-state index in [2.05, 4.69) is 15.0 Å². The Labute approximate surface area is 117 Å². The summed E-state index contributed by atoms with van der Waals surface area (Å²) < 4.78 is 25.3. The molecule has 20 heavy (non-hydrogen) atoms. The summed E-state index contributed by atoms with van der Waals surface area (Å²) in [5.74, 6) is -0.405. The Morgan fingerprint density at radius 1 is 1.30 bits per heavy atom. The molecular weight excluding hydrogens is 278 g/mol. The molecule has 0 aliphatic carbocycles. The lowest BCUT2D eigenvalue weighted by atomic mass is 10.1. The smallest absolute Gasteiger partial charge is 0.251 e. The standard InChI is InChI=1S/C13H17N3O3S/c1-2-16-20(18,19)9-8-15-13(17)11-4-3-5-12-10(11)6-7-14-12/h3-7,14,16H,2,8-9H2,1H3,(H,15,17). The fourth-order valence-corrected chi connectivity index (χ4v) is 2.92. The summed E-state index contributed by atoms with van der Waals surface area (Å²) in [7, 11) is -3.31. The van der Waals surface area contributed by atoms with Crippen LogP contribution in [-0.4, -0.2) is 38.2 Å². The number of aromatic nitrogens is 1. The van der Waals surface area contributed by atoms with E-state index >= 15 is 0 Å². The molecular formula is C13H17N3O3S. The van der Waals surface area contributed by atoms with Crippen LogP contribution in [0.25, 0.3) is 10.9 Å². The van der Waals surface area contributed by atoms with Gasteiger partial charge in [-0.15, -0.1) is 0 Å². The van der Waals surface area contributed by atoms with Gasteiger partial charge in [0.15, 0.2) is 0 Å². The Kier molecular flexibility index (Phi) is 4.41. The highest BCUT2D eigenvalue weighted by Gasteiger charge is 2.12. The van der Waals surface area contributed by atoms with Gasteiger partial charge in [-0.25, -0.2) is 13.1 Å². The Hall–Kier alpha value is -1.86. The number of nitrogens with one attached hydrogen (secondary N) is 3. The van der Waals surface area contributed by atoms with Crippen molar-refractivity contribution in [3.05, 3.63) is 36.0 Å². The van der Waals surface area contributed by atoms with Gasteiger partial charge in [0.25, 0.3) is 5.91 Å². The second-order valence-electron chi connectivity index (χ2n) is 4.32. The Morgan fingerprint density at radius 3 is 2.85 bits per heavy atom. The third-order valence-corrected chi connectivity index (χ3v) is 4.33. The molecule has 0 atom stereocenters. The van der Waals surface area contributed by atoms with Crippen molar-refractivity contribution in [2.45, 2.75) is 6.92 Å². The molecule has 0 bridgehead atoms. The van der Waals surface area contributed by atoms with Gasteiger partial charge in [-0.1, -0.05) is 13.0 Å². The summed E-state index contributed by atoms with van der Waals surface area (Å²) in [6.07, 6.45) is 1.76. The van der Waals surface area contributed by atoms with Crippen LogP contribution in [0.4, 0.5) is 0 Å². The first-order valence-electron chi connectivity index (χ1n) is 6.35. The van der Waals surface area contributed by atoms with Gasteiger partial charge in [-0.2, -0.15) is 0 Å². The minimum atomic E-state index is -3.31. The number of aromatic amines is 1. The van der Waals surface area contributed by atoms with Crippen LogP contribution in [0.3, 0.4) is 0 Å². The molecule has 0 spiro atoms. The maximum atomic E-state index is 12.1. The van der Waals surface area contributed by atoms with Crippen LogP contribution in [0.5, 0.6) is 0 Å². The second kappa shape index (κ2) is 6.06. The highest BCUT2D eigenvalue weighted by molar-refractivity contribution is 7.89. The van der Waals surface area contributed by atoms with E-state index in [0.29, 0.717) is 12.1 Å². The predicted molar refractivity (Wildman–Crippen MR) is 78.1 cm³/mol. The zero-order chi connectivity index (χ0) is 14.6. The van der Waals surface area contributed by atoms with Crippen LogP contribution in [0, 0.1) is 0 Å². The van der Waals surface area contributed by atoms with Gasteiger partial charge in [0.05, 0.1) is 5.75 Å². The molecule has 108 valence electrons. The average Bonchev–Trinajstić information content (AvgIpc) is 2.86. The molecule has 1 heterocycles. The summed E-state index contributed by atoms with van der Waals surface area (Å²) in [5.41, 5.74) is 1.41. The number of rotatable bonds is 6. The molecule has 1 aromatic heterocycles. The summed E-state index contributed by atoms with van der Waals surface area (Å²) >= 11 is 0. The van der Waals surface area contributed by atoms with Gasteiger partial charge in [0, 0.05) is 35.8 Å². The fraction of sp³-hybridized carbons (Fsp3) is 0.308. The monoisotopic (exact) mass is 295 g/mol. The van der Waals surface area contributed by atoms with Crippen molar-refractivity contribution in [3.63, 3.8) is 0 Å². The van der Waals surface area contributed by atoms with E-state index in [1.807, 2.05) is 12.1 Å². The molecule has 7 heteroatoms. The molecule has 3 N–H and O–H groups in total. The van der Waals surface area contributed by atoms with E-state index < -0.39 is 10.0 Å². The topological polar surface area (TPSA) is 91.1 Å². The molecule has 0 unspecified atom stereocenters. The van der Waals surface area contributed by atoms with Crippen molar-refractivity contribution in [3.8, 4) is 0 Å². The number of H-pyrrole nitrogens is 1. The lowest BCUT2D eigenvalue weighted by molar-refractivity contribution is 0.0958. The second-order valence-corrected chi connectivity index (χ2v) is 6.24. The zero-order valence-corrected chi connectivity index (χ0v) is 12.0. The predicted octanol–water partition coefficient (Wildman–Crippen LogP) is 0.837. The molecule has 2 rings (SSSR count). The van der Waals surface area contributed by atoms with Gasteiger partial charge in [-0.3, -0.25) is 4.79 Å². The number of hydrogen-bond donors (Lipinski definition) is 3. The highest BCUT2D eigenvalue weighted by atomic mass is 32.2. The van der Waals surface area contributed by atoms with E-state index in [4.69, 9.17) is 0 Å². The molecule has 0 aliphatic rings. The summed E-state index contributed by atoms with van der Waals surface area (Å²) in [4.78, 5) is 15.1. The highest BCUT2D eigenvalue weighted by Crippen LogP contribution is 2.16. The number of carbonyl (C=O) groups is 1. The largest absolute Gasteiger partial charge is 0.361 e. The first-order valence-corrected chi connectivity index (χ1v) is 8.00. The van der Waals surface area contributed by atoms with Gasteiger partial charge in [0.2, 0.25) is 10.0 Å². The summed E-state index contributed by atoms with van der Waals surface area (Å²) in [6, 6.07) is 7.19. The molecule has 0 aliphatic heterocycles. The number of fused-ring (bicyclic) bond motifs is 1. The minimum Gasteiger partial charge on any atom is -0.361 e. The van der Waals surface area contributed by atoms with Crippen LogP contribution < -0.4 is 10.0 Å². The van der Waals surface area contributed by atoms with Crippen LogP contribution in [0.1, 0.15) is 17.3 Å². The average molecular weight is 295 g/mol. The van der Waals surface area contributed by atoms with Crippen molar-refractivity contribution in [2.75, 3.05) is 18.8 Å². The lowest BCUT2D eigenvalue weighted by Gasteiger charge is -2.07. The third-order valence-electron chi connectivity index (χ3n) is 2.86. The van der Waals surface area contributed by atoms with Gasteiger partial charge >= 0.3 is 0 Å². The van der Waals surface area contributed by atoms with Crippen molar-refractivity contribution in [1.29, 1.82) is 0 Å². The molecule has 0 fully saturated rings. The Balaban J connectivity index is 2.01. The number of sulfonamides is 1. The van der Waals surface area contributed by atoms with Crippen molar-refractivity contribution >= 4 is 26.8 Å². The van der Waals surface area contributed by atoms with E-state index in [0.717, 1.165) is 10.9 Å². The molecule has 6 nitrogen and oxygen atoms in total. The number of amides is 1. The van der Waals surface area contributed by atoms with E-state index in [1.165, 1.54) is 0 Å². The lowest BCUT2D eigenvalue weighted by Crippen LogP contribution is -2.34. The van der Waals surface area contributed by atoms with Crippen LogP contribution in [0.2, 0.25) is 0 Å². The van der Waals surface area contributed by atoms with Gasteiger partial charge in [0.1, 0.15) is 0 Å². The molecule has 0 saturated carbocycles. The Bertz CT molecular complexity index is 706. The minimum absolute atomic E-state index is 0.0784. The summed E-state index contributed by atoms with van der Waals surface area (Å²) in [5, 5.41) is 3.44. The van der Waals surface area contributed by atoms with Crippen LogP contribution in [-0.2, 0) is 10.0 Å². The number of benzene rings is 1. The van der Waals surface area contributed by atoms with Crippen molar-refractivity contribution in [1.82, 2.24) is 15.0 Å². The molecule has 1 amide bonds. The molecule has 0 radical (unpaired) electrons. The third kappa shape index (κ3) is 3.37. The van der Waals surface area contributed by atoms with Gasteiger partial charge in [-0.05, 0) is 18.2 Å². The molecule has 1 aromatic carbocycles. The maximum absolute atomic E-state index is 12.1. The molecule has 0 saturated heterocycles. The van der Waals surface area contributed by atoms with Crippen LogP contribution >= 0.6 is 0 Å². The quantitative estimate of drug-likeness (QED) is 0.737. The number of carbonyl (C=O) groups excluding carboxylic acids is 1. The van der Waals surface area contributed by atoms with E-state index in [-0.39, 0.29) is 18.2 Å². The van der Waals surface area contributed by atoms with Crippen LogP contribution in [0.15, 0.2) is 30.5 Å². The van der Waals surface area contributed by atoms with Crippen molar-refractivity contribution < 1.29 is 13.2 Å². The summed E-state index contributed by atoms with van der Waals surface area (Å²) in [6.45, 7) is 2.14. The van der Waals surface area contributed by atoms with E-state index in [9.17, 15) is 13.2 Å². The zero-order valence-electron chi connectivity index (χ0n) is 11.1. The Morgan fingerprint density at radius 2 is 2.10 bits per heavy atom. The van der Waals surface area contributed by atoms with Crippen molar-refractivity contribution in [2.24, 2.45) is 0 Å². The SMILES string of the molecule is CCNS(=O)(=O)CCNC(=O)c1cccc2[nH]ccc12. The first-order chi connectivity index (χ1) is 9.53.